The molecule has 0 aliphatic heterocycles. The molecule has 0 aliphatic rings. The third-order valence-corrected chi connectivity index (χ3v) is 5.37. The van der Waals surface area contributed by atoms with Crippen LogP contribution in [0.2, 0.25) is 0 Å². The molecular formula is C25H22N2O3. The summed E-state index contributed by atoms with van der Waals surface area (Å²) < 4.78 is 0. The Bertz CT molecular complexity index is 1190. The first kappa shape index (κ1) is 19.6. The number of phenolic OH excluding ortho intramolecular Hbond substituents is 1. The van der Waals surface area contributed by atoms with Crippen LogP contribution in [-0.2, 0) is 0 Å². The van der Waals surface area contributed by atoms with Crippen LogP contribution in [0.3, 0.4) is 0 Å². The number of hydrogen-bond acceptors (Lipinski definition) is 4. The molecule has 4 rings (SSSR count). The van der Waals surface area contributed by atoms with Crippen molar-refractivity contribution in [3.63, 3.8) is 0 Å². The molecule has 0 amide bonds. The lowest BCUT2D eigenvalue weighted by Gasteiger charge is -2.26. The van der Waals surface area contributed by atoms with E-state index in [0.29, 0.717) is 5.56 Å². The number of nitro benzene ring substituents is 1. The standard InChI is InChI=1S/C25H22N2O3/c1-17(18-8-3-2-4-9-18)26-25(20-11-7-12-21(16-20)27(29)30)24-22-13-6-5-10-19(22)14-15-23(24)28/h2-17,25-26,28H,1H3/t17-,25+/m1/s1. The number of fused-ring (bicyclic) bond motifs is 1. The summed E-state index contributed by atoms with van der Waals surface area (Å²) in [5.74, 6) is 0.151. The van der Waals surface area contributed by atoms with Crippen molar-refractivity contribution in [3.8, 4) is 5.75 Å². The summed E-state index contributed by atoms with van der Waals surface area (Å²) in [7, 11) is 0. The summed E-state index contributed by atoms with van der Waals surface area (Å²) in [5, 5.41) is 27.7. The third-order valence-electron chi connectivity index (χ3n) is 5.37. The number of rotatable bonds is 6. The number of aromatic hydroxyl groups is 1. The van der Waals surface area contributed by atoms with Crippen LogP contribution >= 0.6 is 0 Å². The summed E-state index contributed by atoms with van der Waals surface area (Å²) >= 11 is 0. The van der Waals surface area contributed by atoms with Crippen molar-refractivity contribution < 1.29 is 10.0 Å². The van der Waals surface area contributed by atoms with Crippen LogP contribution in [0.1, 0.15) is 35.7 Å². The highest BCUT2D eigenvalue weighted by atomic mass is 16.6. The molecule has 5 heteroatoms. The van der Waals surface area contributed by atoms with Gasteiger partial charge in [-0.2, -0.15) is 0 Å². The van der Waals surface area contributed by atoms with E-state index in [9.17, 15) is 15.2 Å². The van der Waals surface area contributed by atoms with Gasteiger partial charge in [-0.25, -0.2) is 0 Å². The molecule has 5 nitrogen and oxygen atoms in total. The maximum Gasteiger partial charge on any atom is 0.269 e. The van der Waals surface area contributed by atoms with E-state index >= 15 is 0 Å². The number of hydrogen-bond donors (Lipinski definition) is 2. The SMILES string of the molecule is C[C@@H](N[C@@H](c1cccc([N+](=O)[O-])c1)c1c(O)ccc2ccccc12)c1ccccc1. The van der Waals surface area contributed by atoms with Crippen LogP contribution in [0, 0.1) is 10.1 Å². The Morgan fingerprint density at radius 3 is 2.33 bits per heavy atom. The summed E-state index contributed by atoms with van der Waals surface area (Å²) in [6.45, 7) is 2.04. The summed E-state index contributed by atoms with van der Waals surface area (Å²) in [6, 6.07) is 27.4. The van der Waals surface area contributed by atoms with Gasteiger partial charge in [-0.3, -0.25) is 15.4 Å². The van der Waals surface area contributed by atoms with Crippen molar-refractivity contribution in [2.45, 2.75) is 19.0 Å². The number of nitrogens with zero attached hydrogens (tertiary/aromatic N) is 1. The lowest BCUT2D eigenvalue weighted by Crippen LogP contribution is -2.26. The van der Waals surface area contributed by atoms with E-state index in [1.165, 1.54) is 6.07 Å². The van der Waals surface area contributed by atoms with Crippen LogP contribution in [0.15, 0.2) is 91.0 Å². The van der Waals surface area contributed by atoms with Gasteiger partial charge in [0, 0.05) is 23.7 Å². The second-order valence-corrected chi connectivity index (χ2v) is 7.30. The predicted octanol–water partition coefficient (Wildman–Crippen LogP) is 5.89. The molecule has 0 heterocycles. The molecule has 2 N–H and O–H groups in total. The largest absolute Gasteiger partial charge is 0.508 e. The normalized spacial score (nSPS) is 13.1. The van der Waals surface area contributed by atoms with Crippen molar-refractivity contribution in [3.05, 3.63) is 118 Å². The third kappa shape index (κ3) is 3.88. The van der Waals surface area contributed by atoms with E-state index in [1.807, 2.05) is 73.7 Å². The molecule has 2 atom stereocenters. The minimum absolute atomic E-state index is 0.0198. The van der Waals surface area contributed by atoms with Gasteiger partial charge in [0.05, 0.1) is 11.0 Å². The number of nitrogens with one attached hydrogen (secondary N) is 1. The molecule has 0 aromatic heterocycles. The minimum atomic E-state index is -0.439. The van der Waals surface area contributed by atoms with Crippen LogP contribution in [0.5, 0.6) is 5.75 Å². The van der Waals surface area contributed by atoms with Crippen molar-refractivity contribution >= 4 is 16.5 Å². The zero-order chi connectivity index (χ0) is 21.1. The summed E-state index contributed by atoms with van der Waals surface area (Å²) in [6.07, 6.45) is 0. The maximum atomic E-state index is 11.4. The van der Waals surface area contributed by atoms with Crippen LogP contribution in [0.4, 0.5) is 5.69 Å². The minimum Gasteiger partial charge on any atom is -0.508 e. The molecular weight excluding hydrogens is 376 g/mol. The monoisotopic (exact) mass is 398 g/mol. The second kappa shape index (κ2) is 8.35. The summed E-state index contributed by atoms with van der Waals surface area (Å²) in [4.78, 5) is 11.0. The molecule has 0 radical (unpaired) electrons. The molecule has 4 aromatic carbocycles. The molecule has 0 bridgehead atoms. The first-order valence-electron chi connectivity index (χ1n) is 9.80. The van der Waals surface area contributed by atoms with Crippen molar-refractivity contribution in [2.75, 3.05) is 0 Å². The van der Waals surface area contributed by atoms with Gasteiger partial charge in [0.25, 0.3) is 5.69 Å². The van der Waals surface area contributed by atoms with E-state index in [1.54, 1.807) is 18.2 Å². The van der Waals surface area contributed by atoms with Crippen LogP contribution in [-0.4, -0.2) is 10.0 Å². The molecule has 0 spiro atoms. The Balaban J connectivity index is 1.88. The van der Waals surface area contributed by atoms with Crippen molar-refractivity contribution in [1.29, 1.82) is 0 Å². The van der Waals surface area contributed by atoms with E-state index in [0.717, 1.165) is 21.9 Å². The Labute approximate surface area is 174 Å². The van der Waals surface area contributed by atoms with Gasteiger partial charge in [-0.05, 0) is 34.9 Å². The molecule has 0 saturated heterocycles. The van der Waals surface area contributed by atoms with Crippen molar-refractivity contribution in [1.82, 2.24) is 5.32 Å². The smallest absolute Gasteiger partial charge is 0.269 e. The van der Waals surface area contributed by atoms with Gasteiger partial charge in [-0.15, -0.1) is 0 Å². The Hall–Kier alpha value is -3.70. The average molecular weight is 398 g/mol. The molecule has 0 fully saturated rings. The Morgan fingerprint density at radius 2 is 1.57 bits per heavy atom. The van der Waals surface area contributed by atoms with Gasteiger partial charge in [0.1, 0.15) is 5.75 Å². The zero-order valence-corrected chi connectivity index (χ0v) is 16.5. The van der Waals surface area contributed by atoms with E-state index < -0.39 is 11.0 Å². The fraction of sp³-hybridized carbons (Fsp3) is 0.120. The lowest BCUT2D eigenvalue weighted by atomic mass is 9.91. The van der Waals surface area contributed by atoms with Gasteiger partial charge >= 0.3 is 0 Å². The number of nitro groups is 1. The highest BCUT2D eigenvalue weighted by molar-refractivity contribution is 5.88. The first-order chi connectivity index (χ1) is 14.5. The van der Waals surface area contributed by atoms with Gasteiger partial charge < -0.3 is 5.11 Å². The number of benzene rings is 4. The molecule has 0 aliphatic carbocycles. The molecule has 150 valence electrons. The van der Waals surface area contributed by atoms with Crippen molar-refractivity contribution in [2.24, 2.45) is 0 Å². The van der Waals surface area contributed by atoms with E-state index in [4.69, 9.17) is 0 Å². The zero-order valence-electron chi connectivity index (χ0n) is 16.5. The van der Waals surface area contributed by atoms with Gasteiger partial charge in [-0.1, -0.05) is 72.8 Å². The quantitative estimate of drug-likeness (QED) is 0.313. The Morgan fingerprint density at radius 1 is 0.867 bits per heavy atom. The summed E-state index contributed by atoms with van der Waals surface area (Å²) in [5.41, 5.74) is 2.54. The fourth-order valence-corrected chi connectivity index (χ4v) is 3.84. The lowest BCUT2D eigenvalue weighted by molar-refractivity contribution is -0.384. The van der Waals surface area contributed by atoms with E-state index in [2.05, 4.69) is 5.32 Å². The van der Waals surface area contributed by atoms with E-state index in [-0.39, 0.29) is 17.5 Å². The van der Waals surface area contributed by atoms with Crippen LogP contribution in [0.25, 0.3) is 10.8 Å². The van der Waals surface area contributed by atoms with Gasteiger partial charge in [0.15, 0.2) is 0 Å². The molecule has 4 aromatic rings. The first-order valence-corrected chi connectivity index (χ1v) is 9.80. The molecule has 0 saturated carbocycles. The Kier molecular flexibility index (Phi) is 5.46. The maximum absolute atomic E-state index is 11.4. The topological polar surface area (TPSA) is 75.4 Å². The van der Waals surface area contributed by atoms with Crippen LogP contribution < -0.4 is 5.32 Å². The average Bonchev–Trinajstić information content (AvgIpc) is 2.78. The fourth-order valence-electron chi connectivity index (χ4n) is 3.84. The highest BCUT2D eigenvalue weighted by Crippen LogP contribution is 2.38. The number of non-ortho nitro benzene ring substituents is 1. The molecule has 0 unspecified atom stereocenters. The predicted molar refractivity (Wildman–Crippen MR) is 119 cm³/mol. The second-order valence-electron chi connectivity index (χ2n) is 7.30. The van der Waals surface area contributed by atoms with Gasteiger partial charge in [0.2, 0.25) is 0 Å². The molecule has 30 heavy (non-hydrogen) atoms. The highest BCUT2D eigenvalue weighted by Gasteiger charge is 2.24. The number of phenols is 1.